The Balaban J connectivity index is 2.64. The molecule has 1 aromatic carbocycles. The van der Waals surface area contributed by atoms with Crippen LogP contribution in [0.2, 0.25) is 0 Å². The summed E-state index contributed by atoms with van der Waals surface area (Å²) < 4.78 is 17.3. The minimum absolute atomic E-state index is 0.0380. The van der Waals surface area contributed by atoms with Gasteiger partial charge in [0.2, 0.25) is 5.91 Å². The van der Waals surface area contributed by atoms with E-state index in [1.165, 1.54) is 30.2 Å². The number of nitrogens with zero attached hydrogens (tertiary/aromatic N) is 1. The molecule has 0 aliphatic rings. The molecule has 0 saturated heterocycles. The number of ether oxygens (including phenoxy) is 1. The van der Waals surface area contributed by atoms with E-state index in [2.05, 4.69) is 4.74 Å². The highest BCUT2D eigenvalue weighted by Crippen LogP contribution is 2.06. The van der Waals surface area contributed by atoms with Crippen molar-refractivity contribution >= 4 is 18.0 Å². The summed E-state index contributed by atoms with van der Waals surface area (Å²) in [7, 11) is 1.29. The number of halogens is 1. The lowest BCUT2D eigenvalue weighted by molar-refractivity contribution is -0.141. The van der Waals surface area contributed by atoms with E-state index in [9.17, 15) is 14.0 Å². The maximum absolute atomic E-state index is 12.8. The van der Waals surface area contributed by atoms with Crippen molar-refractivity contribution in [2.75, 3.05) is 26.8 Å². The smallest absolute Gasteiger partial charge is 0.307 e. The number of benzene rings is 1. The Morgan fingerprint density at radius 1 is 1.27 bits per heavy atom. The minimum Gasteiger partial charge on any atom is -0.469 e. The van der Waals surface area contributed by atoms with Crippen molar-refractivity contribution in [1.82, 2.24) is 4.90 Å². The van der Waals surface area contributed by atoms with Crippen LogP contribution in [0.15, 0.2) is 30.3 Å². The number of carbonyl (C=O) groups excluding carboxylic acids is 2. The molecule has 1 amide bonds. The second-order valence-corrected chi connectivity index (χ2v) is 4.61. The molecule has 0 heterocycles. The summed E-state index contributed by atoms with van der Waals surface area (Å²) in [5.41, 5.74) is 0.699. The molecule has 0 atom stereocenters. The number of hydrogen-bond acceptors (Lipinski definition) is 4. The molecule has 0 aromatic heterocycles. The molecule has 0 spiro atoms. The van der Waals surface area contributed by atoms with Crippen molar-refractivity contribution in [2.45, 2.75) is 12.8 Å². The highest BCUT2D eigenvalue weighted by Gasteiger charge is 2.12. The third kappa shape index (κ3) is 6.49. The third-order valence-corrected chi connectivity index (χ3v) is 3.00. The minimum atomic E-state index is -0.399. The van der Waals surface area contributed by atoms with E-state index in [-0.39, 0.29) is 31.3 Å². The second kappa shape index (κ2) is 9.68. The zero-order chi connectivity index (χ0) is 16.4. The molecular formula is C16H20FNO4. The molecule has 5 nitrogen and oxygen atoms in total. The fraction of sp³-hybridized carbons (Fsp3) is 0.375. The summed E-state index contributed by atoms with van der Waals surface area (Å²) in [6.45, 7) is 0.531. The zero-order valence-corrected chi connectivity index (χ0v) is 12.5. The lowest BCUT2D eigenvalue weighted by Crippen LogP contribution is -2.33. The van der Waals surface area contributed by atoms with E-state index in [0.717, 1.165) is 0 Å². The van der Waals surface area contributed by atoms with Gasteiger partial charge in [-0.1, -0.05) is 12.1 Å². The number of hydrogen-bond donors (Lipinski definition) is 1. The number of esters is 1. The molecule has 0 bridgehead atoms. The lowest BCUT2D eigenvalue weighted by Gasteiger charge is -2.20. The first-order valence-corrected chi connectivity index (χ1v) is 6.97. The summed E-state index contributed by atoms with van der Waals surface area (Å²) in [6.07, 6.45) is 3.46. The van der Waals surface area contributed by atoms with Crippen molar-refractivity contribution < 1.29 is 23.8 Å². The molecule has 6 heteroatoms. The highest BCUT2D eigenvalue weighted by atomic mass is 19.1. The predicted octanol–water partition coefficient (Wildman–Crippen LogP) is 1.61. The molecule has 0 saturated carbocycles. The maximum atomic E-state index is 12.8. The van der Waals surface area contributed by atoms with Gasteiger partial charge in [-0.05, 0) is 30.2 Å². The molecule has 0 fully saturated rings. The first kappa shape index (κ1) is 17.8. The monoisotopic (exact) mass is 309 g/mol. The first-order valence-electron chi connectivity index (χ1n) is 6.97. The van der Waals surface area contributed by atoms with Gasteiger partial charge in [0.15, 0.2) is 0 Å². The molecule has 1 aromatic rings. The van der Waals surface area contributed by atoms with Gasteiger partial charge in [0.1, 0.15) is 5.82 Å². The number of amides is 1. The number of aliphatic hydroxyl groups excluding tert-OH is 1. The van der Waals surface area contributed by atoms with Crippen LogP contribution in [0.5, 0.6) is 0 Å². The Kier molecular flexibility index (Phi) is 7.85. The quantitative estimate of drug-likeness (QED) is 0.585. The van der Waals surface area contributed by atoms with Gasteiger partial charge < -0.3 is 14.7 Å². The standard InChI is InChI=1S/C16H20FNO4/c1-22-16(21)9-11-18(10-2-12-19)15(20)8-5-13-3-6-14(17)7-4-13/h3-8,19H,2,9-12H2,1H3/b8-5+. The fourth-order valence-electron chi connectivity index (χ4n) is 1.77. The van der Waals surface area contributed by atoms with E-state index in [4.69, 9.17) is 5.11 Å². The Labute approximate surface area is 129 Å². The number of rotatable bonds is 8. The van der Waals surface area contributed by atoms with Gasteiger partial charge in [0.05, 0.1) is 13.5 Å². The molecule has 0 aliphatic carbocycles. The van der Waals surface area contributed by atoms with E-state index >= 15 is 0 Å². The summed E-state index contributed by atoms with van der Waals surface area (Å²) in [6, 6.07) is 5.74. The van der Waals surface area contributed by atoms with E-state index in [1.807, 2.05) is 0 Å². The molecular weight excluding hydrogens is 289 g/mol. The van der Waals surface area contributed by atoms with Crippen LogP contribution in [0, 0.1) is 5.82 Å². The first-order chi connectivity index (χ1) is 10.6. The zero-order valence-electron chi connectivity index (χ0n) is 12.5. The van der Waals surface area contributed by atoms with Crippen LogP contribution in [0.25, 0.3) is 6.08 Å². The normalized spacial score (nSPS) is 10.7. The molecule has 1 N–H and O–H groups in total. The Hall–Kier alpha value is -2.21. The summed E-state index contributed by atoms with van der Waals surface area (Å²) in [5.74, 6) is -1.02. The van der Waals surface area contributed by atoms with Crippen molar-refractivity contribution in [3.8, 4) is 0 Å². The van der Waals surface area contributed by atoms with Gasteiger partial charge in [-0.3, -0.25) is 9.59 Å². The van der Waals surface area contributed by atoms with Gasteiger partial charge in [-0.2, -0.15) is 0 Å². The van der Waals surface area contributed by atoms with Crippen LogP contribution in [0.4, 0.5) is 4.39 Å². The van der Waals surface area contributed by atoms with Crippen molar-refractivity contribution in [3.63, 3.8) is 0 Å². The summed E-state index contributed by atoms with van der Waals surface area (Å²) in [5, 5.41) is 8.87. The van der Waals surface area contributed by atoms with Gasteiger partial charge >= 0.3 is 5.97 Å². The molecule has 0 unspecified atom stereocenters. The van der Waals surface area contributed by atoms with Crippen molar-refractivity contribution in [1.29, 1.82) is 0 Å². The Morgan fingerprint density at radius 3 is 2.55 bits per heavy atom. The van der Waals surface area contributed by atoms with Crippen LogP contribution in [0.3, 0.4) is 0 Å². The van der Waals surface area contributed by atoms with Crippen LogP contribution in [0.1, 0.15) is 18.4 Å². The van der Waals surface area contributed by atoms with Crippen molar-refractivity contribution in [2.24, 2.45) is 0 Å². The van der Waals surface area contributed by atoms with E-state index < -0.39 is 5.97 Å². The van der Waals surface area contributed by atoms with Gasteiger partial charge in [0, 0.05) is 25.8 Å². The largest absolute Gasteiger partial charge is 0.469 e. The highest BCUT2D eigenvalue weighted by molar-refractivity contribution is 5.92. The van der Waals surface area contributed by atoms with E-state index in [0.29, 0.717) is 18.5 Å². The van der Waals surface area contributed by atoms with Crippen LogP contribution < -0.4 is 0 Å². The fourth-order valence-corrected chi connectivity index (χ4v) is 1.77. The third-order valence-electron chi connectivity index (χ3n) is 3.00. The lowest BCUT2D eigenvalue weighted by atomic mass is 10.2. The molecule has 22 heavy (non-hydrogen) atoms. The average Bonchev–Trinajstić information content (AvgIpc) is 2.53. The van der Waals surface area contributed by atoms with E-state index in [1.54, 1.807) is 18.2 Å². The van der Waals surface area contributed by atoms with Gasteiger partial charge in [0.25, 0.3) is 0 Å². The maximum Gasteiger partial charge on any atom is 0.307 e. The predicted molar refractivity (Wildman–Crippen MR) is 80.3 cm³/mol. The Morgan fingerprint density at radius 2 is 1.95 bits per heavy atom. The van der Waals surface area contributed by atoms with Crippen LogP contribution in [-0.4, -0.2) is 48.7 Å². The van der Waals surface area contributed by atoms with Crippen LogP contribution in [-0.2, 0) is 14.3 Å². The number of aliphatic hydroxyl groups is 1. The molecule has 120 valence electrons. The molecule has 0 aliphatic heterocycles. The summed E-state index contributed by atoms with van der Waals surface area (Å²) in [4.78, 5) is 24.7. The van der Waals surface area contributed by atoms with Crippen LogP contribution >= 0.6 is 0 Å². The Bertz CT molecular complexity index is 513. The van der Waals surface area contributed by atoms with Gasteiger partial charge in [-0.25, -0.2) is 4.39 Å². The average molecular weight is 309 g/mol. The topological polar surface area (TPSA) is 66.8 Å². The summed E-state index contributed by atoms with van der Waals surface area (Å²) >= 11 is 0. The number of methoxy groups -OCH3 is 1. The number of carbonyl (C=O) groups is 2. The van der Waals surface area contributed by atoms with Crippen molar-refractivity contribution in [3.05, 3.63) is 41.7 Å². The molecule has 0 radical (unpaired) electrons. The SMILES string of the molecule is COC(=O)CCN(CCCO)C(=O)/C=C/c1ccc(F)cc1. The second-order valence-electron chi connectivity index (χ2n) is 4.61. The van der Waals surface area contributed by atoms with Gasteiger partial charge in [-0.15, -0.1) is 0 Å². The molecule has 1 rings (SSSR count).